The first kappa shape index (κ1) is 52.2. The molecule has 0 saturated carbocycles. The van der Waals surface area contributed by atoms with E-state index in [4.69, 9.17) is 28.4 Å². The predicted molar refractivity (Wildman–Crippen MR) is 220 cm³/mol. The van der Waals surface area contributed by atoms with Crippen LogP contribution < -0.4 is 0 Å². The Bertz CT molecular complexity index is 1170. The van der Waals surface area contributed by atoms with E-state index >= 15 is 0 Å². The van der Waals surface area contributed by atoms with Gasteiger partial charge in [0.05, 0.1) is 39.1 Å². The highest BCUT2D eigenvalue weighted by molar-refractivity contribution is 5.87. The fraction of sp³-hybridized carbons (Fsp3) is 0.667. The number of carbonyl (C=O) groups excluding carboxylic acids is 5. The molecule has 0 aliphatic carbocycles. The molecule has 0 spiro atoms. The van der Waals surface area contributed by atoms with Crippen molar-refractivity contribution in [1.82, 2.24) is 0 Å². The van der Waals surface area contributed by atoms with Crippen molar-refractivity contribution in [3.63, 3.8) is 0 Å². The van der Waals surface area contributed by atoms with Crippen molar-refractivity contribution in [1.29, 1.82) is 0 Å². The van der Waals surface area contributed by atoms with Crippen LogP contribution in [0.25, 0.3) is 0 Å². The van der Waals surface area contributed by atoms with Crippen LogP contribution in [0, 0.1) is 0 Å². The summed E-state index contributed by atoms with van der Waals surface area (Å²) >= 11 is 0. The largest absolute Gasteiger partial charge is 0.462 e. The van der Waals surface area contributed by atoms with Gasteiger partial charge >= 0.3 is 23.9 Å². The Kier molecular flexibility index (Phi) is 35.5. The van der Waals surface area contributed by atoms with Crippen LogP contribution in [0.5, 0.6) is 0 Å². The van der Waals surface area contributed by atoms with Crippen molar-refractivity contribution >= 4 is 29.7 Å². The van der Waals surface area contributed by atoms with Gasteiger partial charge in [-0.15, -0.1) is 13.2 Å². The molecule has 0 aromatic rings. The molecule has 2 atom stereocenters. The second-order valence-corrected chi connectivity index (χ2v) is 13.8. The molecule has 0 N–H and O–H groups in total. The first-order valence-corrected chi connectivity index (χ1v) is 20.6. The summed E-state index contributed by atoms with van der Waals surface area (Å²) < 4.78 is 31.5. The highest BCUT2D eigenvalue weighted by Crippen LogP contribution is 2.16. The third kappa shape index (κ3) is 34.6. The van der Waals surface area contributed by atoms with Crippen LogP contribution in [-0.4, -0.2) is 82.0 Å². The van der Waals surface area contributed by atoms with Gasteiger partial charge in [0.2, 0.25) is 0 Å². The molecule has 0 aromatic heterocycles. The van der Waals surface area contributed by atoms with Crippen LogP contribution in [-0.2, 0) is 52.4 Å². The summed E-state index contributed by atoms with van der Waals surface area (Å²) in [6.07, 6.45) is 27.4. The Labute approximate surface area is 337 Å². The van der Waals surface area contributed by atoms with E-state index in [-0.39, 0.29) is 74.9 Å². The van der Waals surface area contributed by atoms with Gasteiger partial charge in [0.1, 0.15) is 31.2 Å². The summed E-state index contributed by atoms with van der Waals surface area (Å²) in [6, 6.07) is 0. The molecule has 0 fully saturated rings. The van der Waals surface area contributed by atoms with Gasteiger partial charge in [0, 0.05) is 25.5 Å². The molecule has 0 amide bonds. The highest BCUT2D eigenvalue weighted by atomic mass is 16.6. The molecule has 0 heterocycles. The Hall–Kier alpha value is -3.83. The van der Waals surface area contributed by atoms with Gasteiger partial charge in [-0.2, -0.15) is 0 Å². The highest BCUT2D eigenvalue weighted by Gasteiger charge is 2.17. The lowest BCUT2D eigenvalue weighted by Gasteiger charge is -2.17. The molecule has 0 bridgehead atoms. The van der Waals surface area contributed by atoms with E-state index in [0.717, 1.165) is 83.5 Å². The maximum Gasteiger partial charge on any atom is 0.333 e. The second-order valence-electron chi connectivity index (χ2n) is 13.8. The number of rotatable bonds is 39. The number of hydrogen-bond donors (Lipinski definition) is 0. The number of ketones is 1. The summed E-state index contributed by atoms with van der Waals surface area (Å²) in [7, 11) is 1.60. The summed E-state index contributed by atoms with van der Waals surface area (Å²) in [5.74, 6) is -1.85. The van der Waals surface area contributed by atoms with Crippen LogP contribution in [0.3, 0.4) is 0 Å². The van der Waals surface area contributed by atoms with Crippen molar-refractivity contribution < 1.29 is 52.4 Å². The average molecular weight is 789 g/mol. The topological polar surface area (TPSA) is 141 Å². The maximum absolute atomic E-state index is 12.4. The Morgan fingerprint density at radius 2 is 1.04 bits per heavy atom. The number of allylic oxidation sites excluding steroid dienone is 6. The molecule has 0 radical (unpaired) electrons. The van der Waals surface area contributed by atoms with Gasteiger partial charge in [0.15, 0.2) is 0 Å². The van der Waals surface area contributed by atoms with Gasteiger partial charge in [-0.3, -0.25) is 19.2 Å². The fourth-order valence-electron chi connectivity index (χ4n) is 5.39. The molecule has 0 aliphatic rings. The quantitative estimate of drug-likeness (QED) is 0.0193. The van der Waals surface area contributed by atoms with Crippen molar-refractivity contribution in [3.05, 3.63) is 61.8 Å². The Balaban J connectivity index is 4.14. The summed E-state index contributed by atoms with van der Waals surface area (Å²) in [5, 5.41) is 0. The Morgan fingerprint density at radius 1 is 0.518 bits per heavy atom. The summed E-state index contributed by atoms with van der Waals surface area (Å²) in [4.78, 5) is 60.1. The third-order valence-corrected chi connectivity index (χ3v) is 8.63. The van der Waals surface area contributed by atoms with E-state index in [2.05, 4.69) is 44.0 Å². The van der Waals surface area contributed by atoms with E-state index in [1.807, 2.05) is 6.08 Å². The molecule has 318 valence electrons. The van der Waals surface area contributed by atoms with Gasteiger partial charge in [0.25, 0.3) is 0 Å². The van der Waals surface area contributed by atoms with E-state index in [1.54, 1.807) is 13.2 Å². The average Bonchev–Trinajstić information content (AvgIpc) is 3.17. The first-order chi connectivity index (χ1) is 27.1. The maximum atomic E-state index is 12.4. The molecule has 0 aliphatic heterocycles. The number of Topliss-reactive ketones (excluding diaryl/α,β-unsaturated/α-hetero) is 1. The predicted octanol–water partition coefficient (Wildman–Crippen LogP) is 9.38. The molecule has 2 unspecified atom stereocenters. The van der Waals surface area contributed by atoms with Crippen molar-refractivity contribution in [3.8, 4) is 0 Å². The Morgan fingerprint density at radius 3 is 1.62 bits per heavy atom. The molecule has 56 heavy (non-hydrogen) atoms. The minimum Gasteiger partial charge on any atom is -0.462 e. The lowest BCUT2D eigenvalue weighted by atomic mass is 10.1. The molecular weight excluding hydrogens is 716 g/mol. The van der Waals surface area contributed by atoms with Crippen LogP contribution in [0.15, 0.2) is 61.8 Å². The van der Waals surface area contributed by atoms with E-state index in [1.165, 1.54) is 19.8 Å². The SMILES string of the molecule is C=CCCCC(CC/C=C/CCCCCC/C=C/CCCC(CCC=C)OC(=O)CCC(=O)OCCOC(=O)C(=C)C)OC(=O)CCC(=O)CCOCCOC. The zero-order valence-corrected chi connectivity index (χ0v) is 34.6. The minimum absolute atomic E-state index is 0.00221. The van der Waals surface area contributed by atoms with E-state index in [9.17, 15) is 24.0 Å². The smallest absolute Gasteiger partial charge is 0.333 e. The summed E-state index contributed by atoms with van der Waals surface area (Å²) in [6.45, 7) is 13.7. The lowest BCUT2D eigenvalue weighted by molar-refractivity contribution is -0.155. The standard InChI is InChI=1S/C45H72O11/c1-6-8-21-25-41(56-43(48)29-28-39(46)32-33-52-35-34-51-5)27-23-20-18-16-14-12-10-11-13-15-17-19-22-26-40(24-9-7-2)55-44(49)31-30-42(47)53-36-37-54-45(50)38(3)4/h6-7,15,17-18,20,40-41H,1-3,8-14,16,19,21-37H2,4-5H3/b17-15+,20-18+. The number of esters is 4. The molecule has 11 heteroatoms. The molecule has 0 aromatic carbocycles. The van der Waals surface area contributed by atoms with E-state index < -0.39 is 17.9 Å². The van der Waals surface area contributed by atoms with Crippen LogP contribution in [0.4, 0.5) is 0 Å². The molecule has 11 nitrogen and oxygen atoms in total. The van der Waals surface area contributed by atoms with Crippen molar-refractivity contribution in [2.24, 2.45) is 0 Å². The van der Waals surface area contributed by atoms with Crippen LogP contribution >= 0.6 is 0 Å². The first-order valence-electron chi connectivity index (χ1n) is 20.6. The number of ether oxygens (including phenoxy) is 6. The third-order valence-electron chi connectivity index (χ3n) is 8.63. The van der Waals surface area contributed by atoms with Gasteiger partial charge < -0.3 is 28.4 Å². The number of hydrogen-bond acceptors (Lipinski definition) is 11. The zero-order valence-electron chi connectivity index (χ0n) is 34.6. The van der Waals surface area contributed by atoms with Gasteiger partial charge in [-0.25, -0.2) is 4.79 Å². The van der Waals surface area contributed by atoms with Gasteiger partial charge in [-0.1, -0.05) is 55.9 Å². The monoisotopic (exact) mass is 789 g/mol. The van der Waals surface area contributed by atoms with Crippen molar-refractivity contribution in [2.45, 2.75) is 154 Å². The number of unbranched alkanes of at least 4 members (excludes halogenated alkanes) is 7. The van der Waals surface area contributed by atoms with Crippen LogP contribution in [0.2, 0.25) is 0 Å². The van der Waals surface area contributed by atoms with Crippen LogP contribution in [0.1, 0.15) is 142 Å². The fourth-order valence-corrected chi connectivity index (χ4v) is 5.39. The zero-order chi connectivity index (χ0) is 41.5. The normalized spacial score (nSPS) is 12.2. The van der Waals surface area contributed by atoms with Crippen molar-refractivity contribution in [2.75, 3.05) is 40.1 Å². The van der Waals surface area contributed by atoms with E-state index in [0.29, 0.717) is 26.2 Å². The number of methoxy groups -OCH3 is 1. The molecule has 0 rings (SSSR count). The van der Waals surface area contributed by atoms with Gasteiger partial charge in [-0.05, 0) is 96.8 Å². The lowest BCUT2D eigenvalue weighted by Crippen LogP contribution is -2.20. The minimum atomic E-state index is -0.549. The molecule has 0 saturated heterocycles. The number of carbonyl (C=O) groups is 5. The second kappa shape index (κ2) is 38.1. The molecular formula is C45H72O11. The summed E-state index contributed by atoms with van der Waals surface area (Å²) in [5.41, 5.74) is 0.266.